The second-order valence-corrected chi connectivity index (χ2v) is 4.39. The molecule has 1 aromatic rings. The van der Waals surface area contributed by atoms with E-state index in [1.54, 1.807) is 26.0 Å². The maximum atomic E-state index is 12.0. The standard InChI is InChI=1S/C10H15NO3P/c1-3-13-15(12,14-4-2)11-10-8-6-5-7-9-10/h5-9H,3-4H2,1-2H3/q-1. The number of hydrogen-bond acceptors (Lipinski definition) is 3. The van der Waals surface area contributed by atoms with Gasteiger partial charge in [0.1, 0.15) is 0 Å². The third-order valence-electron chi connectivity index (χ3n) is 1.58. The molecule has 84 valence electrons. The van der Waals surface area contributed by atoms with Crippen LogP contribution in [0.5, 0.6) is 0 Å². The van der Waals surface area contributed by atoms with E-state index in [0.717, 1.165) is 0 Å². The summed E-state index contributed by atoms with van der Waals surface area (Å²) in [6.45, 7) is 4.14. The van der Waals surface area contributed by atoms with E-state index in [1.807, 2.05) is 18.2 Å². The van der Waals surface area contributed by atoms with E-state index in [9.17, 15) is 4.57 Å². The molecule has 4 nitrogen and oxygen atoms in total. The molecule has 0 aromatic heterocycles. The minimum atomic E-state index is -3.32. The molecule has 0 bridgehead atoms. The fourth-order valence-corrected chi connectivity index (χ4v) is 2.32. The lowest BCUT2D eigenvalue weighted by atomic mass is 10.3. The van der Waals surface area contributed by atoms with Gasteiger partial charge < -0.3 is 14.1 Å². The van der Waals surface area contributed by atoms with Gasteiger partial charge in [-0.05, 0) is 13.8 Å². The zero-order valence-electron chi connectivity index (χ0n) is 8.92. The predicted octanol–water partition coefficient (Wildman–Crippen LogP) is 3.87. The second-order valence-electron chi connectivity index (χ2n) is 2.74. The molecule has 1 aromatic carbocycles. The van der Waals surface area contributed by atoms with Gasteiger partial charge in [0, 0.05) is 0 Å². The van der Waals surface area contributed by atoms with Crippen LogP contribution in [0.15, 0.2) is 30.3 Å². The van der Waals surface area contributed by atoms with Crippen LogP contribution in [0.25, 0.3) is 5.09 Å². The first-order chi connectivity index (χ1) is 7.20. The molecule has 0 unspecified atom stereocenters. The van der Waals surface area contributed by atoms with Gasteiger partial charge in [-0.3, -0.25) is 4.57 Å². The van der Waals surface area contributed by atoms with Crippen LogP contribution in [-0.2, 0) is 13.6 Å². The van der Waals surface area contributed by atoms with Gasteiger partial charge in [-0.15, -0.1) is 5.69 Å². The first-order valence-corrected chi connectivity index (χ1v) is 6.37. The summed E-state index contributed by atoms with van der Waals surface area (Å²) in [5.74, 6) is 0. The SMILES string of the molecule is CCOP(=O)([N-]c1ccccc1)OCC. The molecule has 0 aliphatic rings. The highest BCUT2D eigenvalue weighted by atomic mass is 31.2. The lowest BCUT2D eigenvalue weighted by Crippen LogP contribution is -1.93. The minimum absolute atomic E-state index is 0.313. The summed E-state index contributed by atoms with van der Waals surface area (Å²) in [7, 11) is -3.32. The largest absolute Gasteiger partial charge is 0.583 e. The van der Waals surface area contributed by atoms with Crippen molar-refractivity contribution in [1.82, 2.24) is 0 Å². The summed E-state index contributed by atoms with van der Waals surface area (Å²) in [5.41, 5.74) is 0.600. The fraction of sp³-hybridized carbons (Fsp3) is 0.400. The first-order valence-electron chi connectivity index (χ1n) is 4.87. The molecule has 15 heavy (non-hydrogen) atoms. The highest BCUT2D eigenvalue weighted by Crippen LogP contribution is 2.58. The molecular weight excluding hydrogens is 213 g/mol. The Morgan fingerprint density at radius 3 is 2.13 bits per heavy atom. The van der Waals surface area contributed by atoms with Gasteiger partial charge in [0.25, 0.3) is 7.75 Å². The van der Waals surface area contributed by atoms with Crippen molar-refractivity contribution in [1.29, 1.82) is 0 Å². The molecule has 0 fully saturated rings. The van der Waals surface area contributed by atoms with Crippen LogP contribution in [0.3, 0.4) is 0 Å². The zero-order valence-corrected chi connectivity index (χ0v) is 9.81. The molecule has 0 heterocycles. The van der Waals surface area contributed by atoms with E-state index in [1.165, 1.54) is 0 Å². The van der Waals surface area contributed by atoms with E-state index in [4.69, 9.17) is 9.05 Å². The van der Waals surface area contributed by atoms with E-state index in [0.29, 0.717) is 18.9 Å². The van der Waals surface area contributed by atoms with Gasteiger partial charge in [-0.1, -0.05) is 30.3 Å². The molecule has 0 saturated heterocycles. The molecule has 5 heteroatoms. The van der Waals surface area contributed by atoms with Crippen molar-refractivity contribution in [2.45, 2.75) is 13.8 Å². The third-order valence-corrected chi connectivity index (χ3v) is 3.22. The molecule has 0 amide bonds. The molecule has 0 spiro atoms. The van der Waals surface area contributed by atoms with Gasteiger partial charge in [-0.2, -0.15) is 0 Å². The van der Waals surface area contributed by atoms with Crippen LogP contribution >= 0.6 is 7.75 Å². The van der Waals surface area contributed by atoms with Crippen LogP contribution in [0.4, 0.5) is 5.69 Å². The molecule has 0 N–H and O–H groups in total. The molecule has 1 rings (SSSR count). The second kappa shape index (κ2) is 5.91. The monoisotopic (exact) mass is 228 g/mol. The summed E-state index contributed by atoms with van der Waals surface area (Å²) >= 11 is 0. The number of benzene rings is 1. The van der Waals surface area contributed by atoms with Gasteiger partial charge in [0.05, 0.1) is 13.2 Å². The van der Waals surface area contributed by atoms with Crippen molar-refractivity contribution in [3.63, 3.8) is 0 Å². The minimum Gasteiger partial charge on any atom is -0.583 e. The topological polar surface area (TPSA) is 49.6 Å². The van der Waals surface area contributed by atoms with Crippen LogP contribution in [0.1, 0.15) is 13.8 Å². The summed E-state index contributed by atoms with van der Waals surface area (Å²) in [4.78, 5) is 0. The van der Waals surface area contributed by atoms with E-state index >= 15 is 0 Å². The normalized spacial score (nSPS) is 11.3. The zero-order chi connectivity index (χ0) is 11.1. The molecular formula is C10H15NO3P-. The van der Waals surface area contributed by atoms with Crippen molar-refractivity contribution >= 4 is 13.4 Å². The Bertz CT molecular complexity index is 319. The van der Waals surface area contributed by atoms with Gasteiger partial charge in [0.2, 0.25) is 0 Å². The maximum Gasteiger partial charge on any atom is 0.265 e. The molecule has 0 radical (unpaired) electrons. The lowest BCUT2D eigenvalue weighted by Gasteiger charge is -2.31. The molecule has 0 aliphatic carbocycles. The van der Waals surface area contributed by atoms with Crippen molar-refractivity contribution in [2.24, 2.45) is 0 Å². The molecule has 0 atom stereocenters. The Kier molecular flexibility index (Phi) is 4.82. The van der Waals surface area contributed by atoms with Gasteiger partial charge in [-0.25, -0.2) is 0 Å². The average Bonchev–Trinajstić information content (AvgIpc) is 2.19. The van der Waals surface area contributed by atoms with E-state index < -0.39 is 7.75 Å². The van der Waals surface area contributed by atoms with Crippen molar-refractivity contribution < 1.29 is 13.6 Å². The average molecular weight is 228 g/mol. The van der Waals surface area contributed by atoms with Crippen molar-refractivity contribution in [2.75, 3.05) is 13.2 Å². The van der Waals surface area contributed by atoms with E-state index in [2.05, 4.69) is 5.09 Å². The number of hydrogen-bond donors (Lipinski definition) is 0. The Morgan fingerprint density at radius 2 is 1.67 bits per heavy atom. The van der Waals surface area contributed by atoms with Gasteiger partial charge >= 0.3 is 0 Å². The van der Waals surface area contributed by atoms with Crippen molar-refractivity contribution in [3.05, 3.63) is 35.4 Å². The van der Waals surface area contributed by atoms with Crippen LogP contribution in [0, 0.1) is 0 Å². The van der Waals surface area contributed by atoms with Gasteiger partial charge in [0.15, 0.2) is 0 Å². The van der Waals surface area contributed by atoms with Crippen LogP contribution < -0.4 is 0 Å². The lowest BCUT2D eigenvalue weighted by molar-refractivity contribution is 0.227. The smallest absolute Gasteiger partial charge is 0.265 e. The summed E-state index contributed by atoms with van der Waals surface area (Å²) in [5, 5.41) is 3.98. The Balaban J connectivity index is 2.71. The van der Waals surface area contributed by atoms with Crippen LogP contribution in [0.2, 0.25) is 0 Å². The fourth-order valence-electron chi connectivity index (χ4n) is 1.06. The van der Waals surface area contributed by atoms with Crippen LogP contribution in [-0.4, -0.2) is 13.2 Å². The highest BCUT2D eigenvalue weighted by Gasteiger charge is 2.10. The first kappa shape index (κ1) is 12.2. The summed E-state index contributed by atoms with van der Waals surface area (Å²) in [6.07, 6.45) is 0. The summed E-state index contributed by atoms with van der Waals surface area (Å²) < 4.78 is 22.1. The number of rotatable bonds is 6. The summed E-state index contributed by atoms with van der Waals surface area (Å²) in [6, 6.07) is 9.02. The Morgan fingerprint density at radius 1 is 1.13 bits per heavy atom. The quantitative estimate of drug-likeness (QED) is 0.694. The Labute approximate surface area is 90.2 Å². The predicted molar refractivity (Wildman–Crippen MR) is 60.3 cm³/mol. The highest BCUT2D eigenvalue weighted by molar-refractivity contribution is 7.57. The third kappa shape index (κ3) is 4.04. The van der Waals surface area contributed by atoms with E-state index in [-0.39, 0.29) is 0 Å². The number of nitrogens with zero attached hydrogens (tertiary/aromatic N) is 1. The Hall–Kier alpha value is -0.830. The maximum absolute atomic E-state index is 12.0. The van der Waals surface area contributed by atoms with Crippen molar-refractivity contribution in [3.8, 4) is 0 Å². The molecule has 0 aliphatic heterocycles. The molecule has 0 saturated carbocycles.